The Hall–Kier alpha value is 0.557. The number of hydrogen-bond acceptors (Lipinski definition) is 1. The number of likely N-dealkylation sites (tertiary alicyclic amines) is 1. The normalized spacial score (nSPS) is 18.3. The average molecular weight is 147 g/mol. The first-order valence-corrected chi connectivity index (χ1v) is 4.45. The maximum Gasteiger partial charge on any atom is 1.00 e. The molecule has 1 fully saturated rings. The maximum absolute atomic E-state index is 3.83. The SMILES string of the molecule is [CH2-]CCCCN1CCCC1.[Li+]. The van der Waals surface area contributed by atoms with Gasteiger partial charge in [0.05, 0.1) is 0 Å². The molecule has 0 aliphatic carbocycles. The summed E-state index contributed by atoms with van der Waals surface area (Å²) in [6.45, 7) is 7.84. The van der Waals surface area contributed by atoms with Crippen molar-refractivity contribution in [1.82, 2.24) is 4.90 Å². The molecule has 0 saturated carbocycles. The Morgan fingerprint density at radius 1 is 1.09 bits per heavy atom. The summed E-state index contributed by atoms with van der Waals surface area (Å²) in [5.41, 5.74) is 0. The van der Waals surface area contributed by atoms with Crippen LogP contribution in [0.3, 0.4) is 0 Å². The van der Waals surface area contributed by atoms with E-state index in [1.54, 1.807) is 0 Å². The Balaban J connectivity index is 0.000001000. The van der Waals surface area contributed by atoms with Crippen molar-refractivity contribution in [3.63, 3.8) is 0 Å². The van der Waals surface area contributed by atoms with E-state index >= 15 is 0 Å². The van der Waals surface area contributed by atoms with Gasteiger partial charge in [0.25, 0.3) is 0 Å². The van der Waals surface area contributed by atoms with Gasteiger partial charge in [-0.2, -0.15) is 6.42 Å². The molecular weight excluding hydrogens is 129 g/mol. The van der Waals surface area contributed by atoms with E-state index in [4.69, 9.17) is 0 Å². The molecule has 1 rings (SSSR count). The van der Waals surface area contributed by atoms with Crippen LogP contribution in [0.2, 0.25) is 0 Å². The first-order valence-electron chi connectivity index (χ1n) is 4.45. The zero-order chi connectivity index (χ0) is 7.23. The Labute approximate surface area is 82.7 Å². The second-order valence-corrected chi connectivity index (χ2v) is 3.11. The van der Waals surface area contributed by atoms with Crippen LogP contribution < -0.4 is 18.9 Å². The molecular formula is C9H18LiN. The molecule has 2 heteroatoms. The summed E-state index contributed by atoms with van der Waals surface area (Å²) >= 11 is 0. The van der Waals surface area contributed by atoms with Crippen LogP contribution >= 0.6 is 0 Å². The smallest absolute Gasteiger partial charge is 0.343 e. The van der Waals surface area contributed by atoms with Crippen molar-refractivity contribution >= 4 is 0 Å². The third-order valence-electron chi connectivity index (χ3n) is 2.17. The van der Waals surface area contributed by atoms with Crippen molar-refractivity contribution < 1.29 is 18.9 Å². The summed E-state index contributed by atoms with van der Waals surface area (Å²) in [5, 5.41) is 0. The van der Waals surface area contributed by atoms with Gasteiger partial charge in [0.2, 0.25) is 0 Å². The Kier molecular flexibility index (Phi) is 7.59. The van der Waals surface area contributed by atoms with Gasteiger partial charge in [0.15, 0.2) is 0 Å². The maximum atomic E-state index is 3.83. The van der Waals surface area contributed by atoms with Gasteiger partial charge in [-0.15, -0.1) is 0 Å². The molecule has 60 valence electrons. The Morgan fingerprint density at radius 2 is 1.73 bits per heavy atom. The summed E-state index contributed by atoms with van der Waals surface area (Å²) in [6, 6.07) is 0. The zero-order valence-electron chi connectivity index (χ0n) is 7.81. The number of nitrogens with zero attached hydrogens (tertiary/aromatic N) is 1. The van der Waals surface area contributed by atoms with Crippen LogP contribution in [-0.4, -0.2) is 24.5 Å². The summed E-state index contributed by atoms with van der Waals surface area (Å²) in [7, 11) is 0. The largest absolute Gasteiger partial charge is 1.00 e. The molecule has 0 aromatic carbocycles. The average Bonchev–Trinajstić information content (AvgIpc) is 2.41. The molecule has 0 aromatic rings. The third-order valence-corrected chi connectivity index (χ3v) is 2.17. The second kappa shape index (κ2) is 7.22. The molecule has 1 aliphatic heterocycles. The monoisotopic (exact) mass is 147 g/mol. The quantitative estimate of drug-likeness (QED) is 0.283. The molecule has 0 N–H and O–H groups in total. The van der Waals surface area contributed by atoms with Gasteiger partial charge in [-0.25, -0.2) is 0 Å². The molecule has 0 atom stereocenters. The fourth-order valence-electron chi connectivity index (χ4n) is 1.52. The minimum atomic E-state index is 0. The van der Waals surface area contributed by atoms with E-state index in [9.17, 15) is 0 Å². The van der Waals surface area contributed by atoms with E-state index in [1.807, 2.05) is 0 Å². The van der Waals surface area contributed by atoms with Crippen molar-refractivity contribution in [2.24, 2.45) is 0 Å². The molecule has 1 aliphatic rings. The summed E-state index contributed by atoms with van der Waals surface area (Å²) in [5.74, 6) is 0. The number of unbranched alkanes of at least 4 members (excludes halogenated alkanes) is 2. The molecule has 0 bridgehead atoms. The van der Waals surface area contributed by atoms with Crippen LogP contribution in [0.5, 0.6) is 0 Å². The molecule has 0 radical (unpaired) electrons. The zero-order valence-corrected chi connectivity index (χ0v) is 7.81. The van der Waals surface area contributed by atoms with Crippen molar-refractivity contribution in [1.29, 1.82) is 0 Å². The topological polar surface area (TPSA) is 3.24 Å². The summed E-state index contributed by atoms with van der Waals surface area (Å²) in [6.07, 6.45) is 6.60. The Morgan fingerprint density at radius 3 is 2.27 bits per heavy atom. The van der Waals surface area contributed by atoms with Crippen LogP contribution in [0.1, 0.15) is 32.1 Å². The summed E-state index contributed by atoms with van der Waals surface area (Å²) < 4.78 is 0. The van der Waals surface area contributed by atoms with Gasteiger partial charge < -0.3 is 11.8 Å². The van der Waals surface area contributed by atoms with E-state index in [0.29, 0.717) is 0 Å². The molecule has 1 saturated heterocycles. The third kappa shape index (κ3) is 4.90. The first-order chi connectivity index (χ1) is 4.93. The predicted octanol–water partition coefficient (Wildman–Crippen LogP) is -0.909. The second-order valence-electron chi connectivity index (χ2n) is 3.11. The van der Waals surface area contributed by atoms with E-state index in [1.165, 1.54) is 45.3 Å². The Bertz CT molecular complexity index is 79.6. The molecule has 0 amide bonds. The van der Waals surface area contributed by atoms with Gasteiger partial charge in [0, 0.05) is 0 Å². The van der Waals surface area contributed by atoms with Crippen molar-refractivity contribution in [2.75, 3.05) is 19.6 Å². The van der Waals surface area contributed by atoms with E-state index < -0.39 is 0 Å². The fourth-order valence-corrected chi connectivity index (χ4v) is 1.52. The number of rotatable bonds is 4. The van der Waals surface area contributed by atoms with Crippen LogP contribution in [0.25, 0.3) is 0 Å². The van der Waals surface area contributed by atoms with Crippen LogP contribution in [0, 0.1) is 6.92 Å². The van der Waals surface area contributed by atoms with Crippen molar-refractivity contribution in [2.45, 2.75) is 32.1 Å². The van der Waals surface area contributed by atoms with E-state index in [2.05, 4.69) is 11.8 Å². The van der Waals surface area contributed by atoms with Crippen LogP contribution in [0.15, 0.2) is 0 Å². The molecule has 0 spiro atoms. The van der Waals surface area contributed by atoms with Gasteiger partial charge in [-0.05, 0) is 38.9 Å². The minimum Gasteiger partial charge on any atom is -0.343 e. The summed E-state index contributed by atoms with van der Waals surface area (Å²) in [4.78, 5) is 2.57. The molecule has 1 nitrogen and oxygen atoms in total. The van der Waals surface area contributed by atoms with Gasteiger partial charge in [-0.3, -0.25) is 0 Å². The van der Waals surface area contributed by atoms with Crippen LogP contribution in [0.4, 0.5) is 0 Å². The molecule has 0 unspecified atom stereocenters. The fraction of sp³-hybridized carbons (Fsp3) is 0.889. The predicted molar refractivity (Wildman–Crippen MR) is 44.9 cm³/mol. The van der Waals surface area contributed by atoms with Gasteiger partial charge in [0.1, 0.15) is 0 Å². The van der Waals surface area contributed by atoms with Crippen molar-refractivity contribution in [3.8, 4) is 0 Å². The first kappa shape index (κ1) is 11.6. The van der Waals surface area contributed by atoms with Gasteiger partial charge in [-0.1, -0.05) is 6.42 Å². The van der Waals surface area contributed by atoms with Crippen molar-refractivity contribution in [3.05, 3.63) is 6.92 Å². The molecule has 0 aromatic heterocycles. The molecule has 1 heterocycles. The van der Waals surface area contributed by atoms with Crippen LogP contribution in [-0.2, 0) is 0 Å². The van der Waals surface area contributed by atoms with E-state index in [0.717, 1.165) is 6.42 Å². The minimum absolute atomic E-state index is 0. The van der Waals surface area contributed by atoms with Gasteiger partial charge >= 0.3 is 18.9 Å². The molecule has 11 heavy (non-hydrogen) atoms. The number of hydrogen-bond donors (Lipinski definition) is 0. The standard InChI is InChI=1S/C9H18N.Li/c1-2-3-4-7-10-8-5-6-9-10;/h1-9H2;/q-1;+1. The van der Waals surface area contributed by atoms with E-state index in [-0.39, 0.29) is 18.9 Å².